The molecule has 0 aromatic carbocycles. The first kappa shape index (κ1) is 11.2. The van der Waals surface area contributed by atoms with Crippen LogP contribution in [0.3, 0.4) is 0 Å². The van der Waals surface area contributed by atoms with Gasteiger partial charge in [-0.05, 0) is 25.1 Å². The van der Waals surface area contributed by atoms with Crippen LogP contribution in [0.25, 0.3) is 0 Å². The summed E-state index contributed by atoms with van der Waals surface area (Å²) in [5.74, 6) is 0.136. The van der Waals surface area contributed by atoms with Gasteiger partial charge in [-0.25, -0.2) is 4.79 Å². The van der Waals surface area contributed by atoms with E-state index in [-0.39, 0.29) is 13.0 Å². The summed E-state index contributed by atoms with van der Waals surface area (Å²) in [4.78, 5) is 21.7. The Labute approximate surface area is 87.5 Å². The largest absolute Gasteiger partial charge is 0.469 e. The second-order valence-electron chi connectivity index (χ2n) is 2.80. The minimum atomic E-state index is -0.485. The van der Waals surface area contributed by atoms with Crippen molar-refractivity contribution in [2.75, 3.05) is 6.61 Å². The molecule has 1 aromatic heterocycles. The van der Waals surface area contributed by atoms with Gasteiger partial charge in [0.25, 0.3) is 0 Å². The lowest BCUT2D eigenvalue weighted by Crippen LogP contribution is -2.09. The molecule has 1 rings (SSSR count). The molecule has 0 bridgehead atoms. The Morgan fingerprint density at radius 2 is 2.40 bits per heavy atom. The van der Waals surface area contributed by atoms with E-state index in [1.807, 2.05) is 0 Å². The first-order valence-electron chi connectivity index (χ1n) is 4.61. The van der Waals surface area contributed by atoms with Crippen LogP contribution in [-0.2, 0) is 20.7 Å². The number of allylic oxidation sites excluding steroid dienone is 1. The normalized spacial score (nSPS) is 11.1. The Balaban J connectivity index is 2.71. The average molecular weight is 208 g/mol. The Bertz CT molecular complexity index is 349. The molecule has 1 heterocycles. The van der Waals surface area contributed by atoms with E-state index in [4.69, 9.17) is 9.15 Å². The first-order valence-corrected chi connectivity index (χ1v) is 4.61. The number of hydrogen-bond donors (Lipinski definition) is 0. The molecule has 15 heavy (non-hydrogen) atoms. The van der Waals surface area contributed by atoms with Gasteiger partial charge in [-0.1, -0.05) is 0 Å². The minimum Gasteiger partial charge on any atom is -0.469 e. The molecule has 0 amide bonds. The maximum atomic E-state index is 11.4. The third kappa shape index (κ3) is 3.42. The molecule has 0 radical (unpaired) electrons. The molecule has 80 valence electrons. The molecule has 0 aliphatic heterocycles. The van der Waals surface area contributed by atoms with Gasteiger partial charge in [0.05, 0.1) is 12.9 Å². The van der Waals surface area contributed by atoms with Crippen molar-refractivity contribution in [1.82, 2.24) is 0 Å². The molecule has 0 spiro atoms. The van der Waals surface area contributed by atoms with Crippen molar-refractivity contribution in [3.05, 3.63) is 35.8 Å². The van der Waals surface area contributed by atoms with E-state index in [0.717, 1.165) is 0 Å². The highest BCUT2D eigenvalue weighted by Gasteiger charge is 2.12. The fraction of sp³-hybridized carbons (Fsp3) is 0.273. The van der Waals surface area contributed by atoms with Crippen LogP contribution >= 0.6 is 0 Å². The zero-order chi connectivity index (χ0) is 11.1. The van der Waals surface area contributed by atoms with Gasteiger partial charge >= 0.3 is 5.97 Å². The Hall–Kier alpha value is -1.84. The van der Waals surface area contributed by atoms with Crippen LogP contribution in [0.5, 0.6) is 0 Å². The summed E-state index contributed by atoms with van der Waals surface area (Å²) in [6, 6.07) is 3.46. The van der Waals surface area contributed by atoms with Gasteiger partial charge in [-0.3, -0.25) is 4.79 Å². The summed E-state index contributed by atoms with van der Waals surface area (Å²) in [6.07, 6.45) is 3.54. The minimum absolute atomic E-state index is 0.268. The van der Waals surface area contributed by atoms with E-state index in [2.05, 4.69) is 0 Å². The van der Waals surface area contributed by atoms with E-state index in [1.165, 1.54) is 12.3 Å². The van der Waals surface area contributed by atoms with Gasteiger partial charge in [0.2, 0.25) is 0 Å². The van der Waals surface area contributed by atoms with E-state index in [9.17, 15) is 9.59 Å². The molecular weight excluding hydrogens is 196 g/mol. The van der Waals surface area contributed by atoms with Gasteiger partial charge < -0.3 is 9.15 Å². The predicted octanol–water partition coefficient (Wildman–Crippen LogP) is 1.51. The maximum Gasteiger partial charge on any atom is 0.334 e. The molecule has 0 saturated carbocycles. The summed E-state index contributed by atoms with van der Waals surface area (Å²) >= 11 is 0. The number of carbonyl (C=O) groups excluding carboxylic acids is 2. The van der Waals surface area contributed by atoms with E-state index in [1.54, 1.807) is 19.1 Å². The molecule has 0 N–H and O–H groups in total. The number of carbonyl (C=O) groups is 2. The smallest absolute Gasteiger partial charge is 0.334 e. The molecule has 0 saturated heterocycles. The van der Waals surface area contributed by atoms with Crippen molar-refractivity contribution in [1.29, 1.82) is 0 Å². The quantitative estimate of drug-likeness (QED) is 0.418. The van der Waals surface area contributed by atoms with Crippen LogP contribution in [0.1, 0.15) is 12.7 Å². The van der Waals surface area contributed by atoms with Gasteiger partial charge in [-0.15, -0.1) is 0 Å². The third-order valence-electron chi connectivity index (χ3n) is 1.75. The highest BCUT2D eigenvalue weighted by Crippen LogP contribution is 2.09. The summed E-state index contributed by atoms with van der Waals surface area (Å²) in [5.41, 5.74) is 0.293. The second-order valence-corrected chi connectivity index (χ2v) is 2.80. The zero-order valence-electron chi connectivity index (χ0n) is 8.43. The van der Waals surface area contributed by atoms with Crippen molar-refractivity contribution in [3.8, 4) is 0 Å². The molecule has 0 aliphatic carbocycles. The van der Waals surface area contributed by atoms with Crippen LogP contribution in [0, 0.1) is 0 Å². The van der Waals surface area contributed by atoms with Gasteiger partial charge in [0.1, 0.15) is 12.0 Å². The van der Waals surface area contributed by atoms with Crippen LogP contribution in [0.15, 0.2) is 34.5 Å². The fourth-order valence-electron chi connectivity index (χ4n) is 1.11. The van der Waals surface area contributed by atoms with Crippen LogP contribution < -0.4 is 0 Å². The lowest BCUT2D eigenvalue weighted by molar-refractivity contribution is -0.138. The number of ether oxygens (including phenoxy) is 1. The summed E-state index contributed by atoms with van der Waals surface area (Å²) in [6.45, 7) is 2.00. The van der Waals surface area contributed by atoms with E-state index in [0.29, 0.717) is 17.6 Å². The number of hydrogen-bond acceptors (Lipinski definition) is 4. The lowest BCUT2D eigenvalue weighted by atomic mass is 10.1. The number of esters is 1. The topological polar surface area (TPSA) is 56.5 Å². The molecule has 0 unspecified atom stereocenters. The number of rotatable bonds is 5. The van der Waals surface area contributed by atoms with Crippen molar-refractivity contribution >= 4 is 12.3 Å². The highest BCUT2D eigenvalue weighted by molar-refractivity contribution is 5.92. The van der Waals surface area contributed by atoms with Crippen molar-refractivity contribution in [3.63, 3.8) is 0 Å². The standard InChI is InChI=1S/C11H12O4/c1-2-14-11(13)9(5-6-12)8-10-4-3-7-15-10/h3-7H,2,8H2,1H3. The monoisotopic (exact) mass is 208 g/mol. The Kier molecular flexibility index (Phi) is 4.34. The average Bonchev–Trinajstić information content (AvgIpc) is 2.70. The molecule has 1 aromatic rings. The van der Waals surface area contributed by atoms with Crippen molar-refractivity contribution < 1.29 is 18.7 Å². The molecule has 4 heteroatoms. The van der Waals surface area contributed by atoms with E-state index < -0.39 is 5.97 Å². The third-order valence-corrected chi connectivity index (χ3v) is 1.75. The highest BCUT2D eigenvalue weighted by atomic mass is 16.5. The zero-order valence-corrected chi connectivity index (χ0v) is 8.43. The second kappa shape index (κ2) is 5.80. The van der Waals surface area contributed by atoms with Crippen LogP contribution in [0.4, 0.5) is 0 Å². The van der Waals surface area contributed by atoms with Gasteiger partial charge in [-0.2, -0.15) is 0 Å². The molecule has 0 aliphatic rings. The first-order chi connectivity index (χ1) is 7.27. The number of furan rings is 1. The Morgan fingerprint density at radius 3 is 2.93 bits per heavy atom. The van der Waals surface area contributed by atoms with Gasteiger partial charge in [0, 0.05) is 12.0 Å². The molecule has 0 fully saturated rings. The lowest BCUT2D eigenvalue weighted by Gasteiger charge is -2.03. The predicted molar refractivity (Wildman–Crippen MR) is 53.2 cm³/mol. The maximum absolute atomic E-state index is 11.4. The van der Waals surface area contributed by atoms with Gasteiger partial charge in [0.15, 0.2) is 0 Å². The van der Waals surface area contributed by atoms with Crippen molar-refractivity contribution in [2.24, 2.45) is 0 Å². The molecule has 0 atom stereocenters. The summed E-state index contributed by atoms with van der Waals surface area (Å²) in [7, 11) is 0. The SMILES string of the molecule is CCOC(=O)C(=CC=O)Cc1ccco1. The van der Waals surface area contributed by atoms with Crippen molar-refractivity contribution in [2.45, 2.75) is 13.3 Å². The summed E-state index contributed by atoms with van der Waals surface area (Å²) < 4.78 is 9.87. The molecular formula is C11H12O4. The number of aldehydes is 1. The van der Waals surface area contributed by atoms with E-state index >= 15 is 0 Å². The fourth-order valence-corrected chi connectivity index (χ4v) is 1.11. The van der Waals surface area contributed by atoms with Crippen LogP contribution in [-0.4, -0.2) is 18.9 Å². The van der Waals surface area contributed by atoms with Crippen LogP contribution in [0.2, 0.25) is 0 Å². The Morgan fingerprint density at radius 1 is 1.60 bits per heavy atom. The molecule has 4 nitrogen and oxygen atoms in total. The summed E-state index contributed by atoms with van der Waals surface area (Å²) in [5, 5.41) is 0.